The number of carbonyl (C=O) groups excluding carboxylic acids is 1. The molecular weight excluding hydrogens is 210 g/mol. The summed E-state index contributed by atoms with van der Waals surface area (Å²) in [5, 5.41) is 0. The fourth-order valence-corrected chi connectivity index (χ4v) is 2.87. The first-order chi connectivity index (χ1) is 8.31. The van der Waals surface area contributed by atoms with E-state index < -0.39 is 0 Å². The summed E-state index contributed by atoms with van der Waals surface area (Å²) in [5.74, 6) is 0.120. The van der Waals surface area contributed by atoms with Gasteiger partial charge in [-0.25, -0.2) is 0 Å². The zero-order chi connectivity index (χ0) is 12.3. The minimum atomic E-state index is 0.120. The maximum atomic E-state index is 11.1. The summed E-state index contributed by atoms with van der Waals surface area (Å²) in [4.78, 5) is 13.5. The molecule has 92 valence electrons. The van der Waals surface area contributed by atoms with E-state index in [1.165, 1.54) is 16.8 Å². The van der Waals surface area contributed by atoms with Crippen LogP contribution in [0.2, 0.25) is 0 Å². The molecule has 0 aromatic heterocycles. The van der Waals surface area contributed by atoms with Crippen molar-refractivity contribution in [3.63, 3.8) is 0 Å². The number of aldehydes is 1. The Morgan fingerprint density at radius 3 is 2.76 bits per heavy atom. The SMILES string of the molecule is CCN(CC)c1cccc2c1CCCC2C=O. The van der Waals surface area contributed by atoms with Gasteiger partial charge in [-0.05, 0) is 50.3 Å². The second kappa shape index (κ2) is 5.35. The highest BCUT2D eigenvalue weighted by molar-refractivity contribution is 5.68. The van der Waals surface area contributed by atoms with Crippen LogP contribution in [0.5, 0.6) is 0 Å². The number of hydrogen-bond donors (Lipinski definition) is 0. The molecule has 0 saturated carbocycles. The van der Waals surface area contributed by atoms with Gasteiger partial charge in [0.05, 0.1) is 0 Å². The molecule has 2 rings (SSSR count). The first-order valence-corrected chi connectivity index (χ1v) is 6.63. The summed E-state index contributed by atoms with van der Waals surface area (Å²) >= 11 is 0. The second-order valence-corrected chi connectivity index (χ2v) is 4.65. The van der Waals surface area contributed by atoms with E-state index in [1.807, 2.05) is 0 Å². The van der Waals surface area contributed by atoms with Crippen molar-refractivity contribution in [3.8, 4) is 0 Å². The molecule has 1 aromatic carbocycles. The van der Waals surface area contributed by atoms with Crippen LogP contribution in [-0.2, 0) is 11.2 Å². The highest BCUT2D eigenvalue weighted by Crippen LogP contribution is 2.35. The monoisotopic (exact) mass is 231 g/mol. The van der Waals surface area contributed by atoms with Gasteiger partial charge in [-0.3, -0.25) is 0 Å². The van der Waals surface area contributed by atoms with Crippen molar-refractivity contribution in [2.75, 3.05) is 18.0 Å². The predicted octanol–water partition coefficient (Wildman–Crippen LogP) is 3.15. The van der Waals surface area contributed by atoms with E-state index in [4.69, 9.17) is 0 Å². The van der Waals surface area contributed by atoms with Crippen molar-refractivity contribution in [2.45, 2.75) is 39.0 Å². The third-order valence-corrected chi connectivity index (χ3v) is 3.80. The lowest BCUT2D eigenvalue weighted by atomic mass is 9.82. The van der Waals surface area contributed by atoms with Gasteiger partial charge in [-0.15, -0.1) is 0 Å². The normalized spacial score (nSPS) is 18.6. The van der Waals surface area contributed by atoms with Crippen LogP contribution in [0.25, 0.3) is 0 Å². The van der Waals surface area contributed by atoms with Gasteiger partial charge in [0.15, 0.2) is 0 Å². The molecule has 0 N–H and O–H groups in total. The summed E-state index contributed by atoms with van der Waals surface area (Å²) in [7, 11) is 0. The lowest BCUT2D eigenvalue weighted by Crippen LogP contribution is -2.25. The molecule has 0 aliphatic heterocycles. The summed E-state index contributed by atoms with van der Waals surface area (Å²) in [6.45, 7) is 6.42. The van der Waals surface area contributed by atoms with Crippen molar-refractivity contribution in [3.05, 3.63) is 29.3 Å². The smallest absolute Gasteiger partial charge is 0.127 e. The Hall–Kier alpha value is -1.31. The van der Waals surface area contributed by atoms with Gasteiger partial charge in [-0.1, -0.05) is 12.1 Å². The summed E-state index contributed by atoms with van der Waals surface area (Å²) < 4.78 is 0. The zero-order valence-corrected chi connectivity index (χ0v) is 10.8. The number of fused-ring (bicyclic) bond motifs is 1. The Kier molecular flexibility index (Phi) is 3.82. The summed E-state index contributed by atoms with van der Waals surface area (Å²) in [6, 6.07) is 6.41. The van der Waals surface area contributed by atoms with Crippen LogP contribution in [0.3, 0.4) is 0 Å². The van der Waals surface area contributed by atoms with Gasteiger partial charge in [0, 0.05) is 24.7 Å². The van der Waals surface area contributed by atoms with E-state index in [-0.39, 0.29) is 5.92 Å². The van der Waals surface area contributed by atoms with E-state index in [0.717, 1.165) is 38.6 Å². The van der Waals surface area contributed by atoms with Crippen LogP contribution in [-0.4, -0.2) is 19.4 Å². The Morgan fingerprint density at radius 2 is 2.12 bits per heavy atom. The predicted molar refractivity (Wildman–Crippen MR) is 71.7 cm³/mol. The fraction of sp³-hybridized carbons (Fsp3) is 0.533. The molecule has 1 aliphatic rings. The lowest BCUT2D eigenvalue weighted by molar-refractivity contribution is -0.109. The molecule has 0 saturated heterocycles. The average Bonchev–Trinajstić information content (AvgIpc) is 2.39. The number of benzene rings is 1. The number of anilines is 1. The Morgan fingerprint density at radius 1 is 1.35 bits per heavy atom. The fourth-order valence-electron chi connectivity index (χ4n) is 2.87. The molecule has 0 amide bonds. The van der Waals surface area contributed by atoms with E-state index in [2.05, 4.69) is 36.9 Å². The highest BCUT2D eigenvalue weighted by Gasteiger charge is 2.22. The van der Waals surface area contributed by atoms with Gasteiger partial charge < -0.3 is 9.69 Å². The average molecular weight is 231 g/mol. The van der Waals surface area contributed by atoms with Crippen LogP contribution >= 0.6 is 0 Å². The third kappa shape index (κ3) is 2.21. The van der Waals surface area contributed by atoms with Gasteiger partial charge in [0.2, 0.25) is 0 Å². The first-order valence-electron chi connectivity index (χ1n) is 6.63. The molecule has 1 aliphatic carbocycles. The molecule has 17 heavy (non-hydrogen) atoms. The number of nitrogens with zero attached hydrogens (tertiary/aromatic N) is 1. The van der Waals surface area contributed by atoms with E-state index >= 15 is 0 Å². The Bertz CT molecular complexity index is 396. The molecule has 2 heteroatoms. The molecule has 0 heterocycles. The van der Waals surface area contributed by atoms with Crippen LogP contribution in [0, 0.1) is 0 Å². The molecule has 1 unspecified atom stereocenters. The third-order valence-electron chi connectivity index (χ3n) is 3.80. The quantitative estimate of drug-likeness (QED) is 0.742. The van der Waals surface area contributed by atoms with Crippen LogP contribution < -0.4 is 4.90 Å². The molecule has 0 radical (unpaired) electrons. The molecule has 0 fully saturated rings. The highest BCUT2D eigenvalue weighted by atomic mass is 16.1. The topological polar surface area (TPSA) is 20.3 Å². The second-order valence-electron chi connectivity index (χ2n) is 4.65. The standard InChI is InChI=1S/C15H21NO/c1-3-16(4-2)15-10-6-8-13-12(11-17)7-5-9-14(13)15/h6,8,10-12H,3-5,7,9H2,1-2H3. The van der Waals surface area contributed by atoms with E-state index in [0.29, 0.717) is 0 Å². The maximum absolute atomic E-state index is 11.1. The largest absolute Gasteiger partial charge is 0.372 e. The van der Waals surface area contributed by atoms with Gasteiger partial charge in [0.1, 0.15) is 6.29 Å². The maximum Gasteiger partial charge on any atom is 0.127 e. The van der Waals surface area contributed by atoms with Crippen molar-refractivity contribution >= 4 is 12.0 Å². The van der Waals surface area contributed by atoms with Crippen LogP contribution in [0.15, 0.2) is 18.2 Å². The van der Waals surface area contributed by atoms with E-state index in [1.54, 1.807) is 0 Å². The van der Waals surface area contributed by atoms with Crippen molar-refractivity contribution < 1.29 is 4.79 Å². The summed E-state index contributed by atoms with van der Waals surface area (Å²) in [6.07, 6.45) is 4.38. The number of hydrogen-bond acceptors (Lipinski definition) is 2. The lowest BCUT2D eigenvalue weighted by Gasteiger charge is -2.29. The molecule has 1 atom stereocenters. The van der Waals surface area contributed by atoms with E-state index in [9.17, 15) is 4.79 Å². The minimum Gasteiger partial charge on any atom is -0.372 e. The number of rotatable bonds is 4. The molecule has 0 spiro atoms. The molecule has 2 nitrogen and oxygen atoms in total. The Balaban J connectivity index is 2.45. The van der Waals surface area contributed by atoms with Crippen molar-refractivity contribution in [1.29, 1.82) is 0 Å². The van der Waals surface area contributed by atoms with Crippen LogP contribution in [0.4, 0.5) is 5.69 Å². The first kappa shape index (κ1) is 12.2. The Labute approximate surface area is 104 Å². The summed E-state index contributed by atoms with van der Waals surface area (Å²) in [5.41, 5.74) is 3.99. The van der Waals surface area contributed by atoms with Crippen molar-refractivity contribution in [1.82, 2.24) is 0 Å². The van der Waals surface area contributed by atoms with Crippen LogP contribution in [0.1, 0.15) is 43.7 Å². The molecular formula is C15H21NO. The minimum absolute atomic E-state index is 0.120. The zero-order valence-electron chi connectivity index (χ0n) is 10.8. The molecule has 0 bridgehead atoms. The number of carbonyl (C=O) groups is 1. The van der Waals surface area contributed by atoms with Crippen molar-refractivity contribution in [2.24, 2.45) is 0 Å². The van der Waals surface area contributed by atoms with Gasteiger partial charge >= 0.3 is 0 Å². The van der Waals surface area contributed by atoms with Gasteiger partial charge in [-0.2, -0.15) is 0 Å². The molecule has 1 aromatic rings. The van der Waals surface area contributed by atoms with Gasteiger partial charge in [0.25, 0.3) is 0 Å².